The Morgan fingerprint density at radius 3 is 2.21 bits per heavy atom. The molecule has 2 aromatic heterocycles. The number of aryl methyl sites for hydroxylation is 2. The number of nitrogens with zero attached hydrogens (tertiary/aromatic N) is 4. The van der Waals surface area contributed by atoms with Crippen LogP contribution in [0.3, 0.4) is 0 Å². The Bertz CT molecular complexity index is 2320. The zero-order valence-corrected chi connectivity index (χ0v) is 28.5. The lowest BCUT2D eigenvalue weighted by Gasteiger charge is -2.20. The van der Waals surface area contributed by atoms with Crippen molar-refractivity contribution in [2.75, 3.05) is 23.5 Å². The maximum Gasteiger partial charge on any atom is 0.137 e. The SMILES string of the molecule is Cc1cccc(C)c1-c1ccc2c(c1)c1ccc(Oc3cccc(N4CN(C)c5ccccc54)c3)cc1n2-c1cc(C(C)(C)C)ccn1. The monoisotopic (exact) mass is 628 g/mol. The molecular weight excluding hydrogens is 589 g/mol. The van der Waals surface area contributed by atoms with Gasteiger partial charge < -0.3 is 14.5 Å². The number of fused-ring (bicyclic) bond motifs is 4. The predicted octanol–water partition coefficient (Wildman–Crippen LogP) is 11.1. The van der Waals surface area contributed by atoms with Crippen molar-refractivity contribution in [3.63, 3.8) is 0 Å². The number of anilines is 3. The van der Waals surface area contributed by atoms with Crippen LogP contribution in [-0.4, -0.2) is 23.3 Å². The minimum atomic E-state index is -0.00403. The van der Waals surface area contributed by atoms with E-state index in [4.69, 9.17) is 9.72 Å². The van der Waals surface area contributed by atoms with Gasteiger partial charge in [0, 0.05) is 41.8 Å². The molecule has 0 N–H and O–H groups in total. The van der Waals surface area contributed by atoms with E-state index >= 15 is 0 Å². The predicted molar refractivity (Wildman–Crippen MR) is 201 cm³/mol. The molecule has 0 atom stereocenters. The van der Waals surface area contributed by atoms with Crippen LogP contribution in [0.1, 0.15) is 37.5 Å². The van der Waals surface area contributed by atoms with E-state index < -0.39 is 0 Å². The lowest BCUT2D eigenvalue weighted by Crippen LogP contribution is -2.23. The van der Waals surface area contributed by atoms with Gasteiger partial charge in [0.1, 0.15) is 17.3 Å². The highest BCUT2D eigenvalue weighted by Crippen LogP contribution is 2.42. The summed E-state index contributed by atoms with van der Waals surface area (Å²) in [5.74, 6) is 2.48. The Labute approximate surface area is 282 Å². The minimum absolute atomic E-state index is 0.00403. The third-order valence-corrected chi connectivity index (χ3v) is 9.65. The van der Waals surface area contributed by atoms with Crippen molar-refractivity contribution in [2.45, 2.75) is 40.0 Å². The summed E-state index contributed by atoms with van der Waals surface area (Å²) in [4.78, 5) is 9.50. The van der Waals surface area contributed by atoms with Crippen LogP contribution in [0.2, 0.25) is 0 Å². The summed E-state index contributed by atoms with van der Waals surface area (Å²) in [7, 11) is 2.13. The first-order valence-electron chi connectivity index (χ1n) is 16.6. The molecule has 0 fully saturated rings. The van der Waals surface area contributed by atoms with Crippen molar-refractivity contribution >= 4 is 38.9 Å². The molecule has 5 nitrogen and oxygen atoms in total. The fourth-order valence-corrected chi connectivity index (χ4v) is 7.19. The van der Waals surface area contributed by atoms with Crippen molar-refractivity contribution in [2.24, 2.45) is 0 Å². The number of rotatable bonds is 5. The van der Waals surface area contributed by atoms with Gasteiger partial charge in [-0.05, 0) is 108 Å². The number of pyridine rings is 1. The standard InChI is InChI=1S/C43H40N4O/c1-28-11-9-12-29(2)42(28)30-17-20-37-36(23-30)35-19-18-34(26-40(35)47(37)41-24-31(21-22-44-41)43(3,4)5)48-33-14-10-13-32(25-33)46-27-45(6)38-15-7-8-16-39(38)46/h7-26H,27H2,1-6H3. The lowest BCUT2D eigenvalue weighted by atomic mass is 9.88. The van der Waals surface area contributed by atoms with Crippen molar-refractivity contribution in [3.8, 4) is 28.4 Å². The molecule has 1 aliphatic rings. The van der Waals surface area contributed by atoms with Crippen molar-refractivity contribution in [3.05, 3.63) is 138 Å². The van der Waals surface area contributed by atoms with Crippen LogP contribution in [0, 0.1) is 13.8 Å². The molecule has 7 aromatic rings. The molecule has 0 saturated heterocycles. The molecular formula is C43H40N4O. The Balaban J connectivity index is 1.25. The van der Waals surface area contributed by atoms with Crippen LogP contribution < -0.4 is 14.5 Å². The summed E-state index contributed by atoms with van der Waals surface area (Å²) in [5, 5.41) is 2.36. The number of para-hydroxylation sites is 2. The quantitative estimate of drug-likeness (QED) is 0.190. The second kappa shape index (κ2) is 11.3. The molecule has 0 aliphatic carbocycles. The highest BCUT2D eigenvalue weighted by atomic mass is 16.5. The van der Waals surface area contributed by atoms with Gasteiger partial charge in [-0.3, -0.25) is 4.57 Å². The molecule has 8 rings (SSSR count). The zero-order chi connectivity index (χ0) is 33.2. The molecule has 5 heteroatoms. The van der Waals surface area contributed by atoms with Gasteiger partial charge in [-0.2, -0.15) is 0 Å². The van der Waals surface area contributed by atoms with E-state index in [0.29, 0.717) is 0 Å². The first-order chi connectivity index (χ1) is 23.2. The number of hydrogen-bond donors (Lipinski definition) is 0. The van der Waals surface area contributed by atoms with E-state index in [-0.39, 0.29) is 5.41 Å². The molecule has 0 spiro atoms. The van der Waals surface area contributed by atoms with E-state index in [9.17, 15) is 0 Å². The maximum atomic E-state index is 6.62. The highest BCUT2D eigenvalue weighted by molar-refractivity contribution is 6.11. The molecule has 48 heavy (non-hydrogen) atoms. The van der Waals surface area contributed by atoms with E-state index in [1.807, 2.05) is 12.3 Å². The van der Waals surface area contributed by atoms with Gasteiger partial charge in [0.05, 0.1) is 29.1 Å². The van der Waals surface area contributed by atoms with Crippen molar-refractivity contribution in [1.82, 2.24) is 9.55 Å². The number of benzene rings is 5. The molecule has 0 bridgehead atoms. The minimum Gasteiger partial charge on any atom is -0.457 e. The van der Waals surface area contributed by atoms with Crippen molar-refractivity contribution < 1.29 is 4.74 Å². The molecule has 238 valence electrons. The van der Waals surface area contributed by atoms with Gasteiger partial charge in [0.15, 0.2) is 0 Å². The van der Waals surface area contributed by atoms with E-state index in [2.05, 4.69) is 165 Å². The Morgan fingerprint density at radius 2 is 1.42 bits per heavy atom. The number of hydrogen-bond acceptors (Lipinski definition) is 4. The van der Waals surface area contributed by atoms with E-state index in [0.717, 1.165) is 40.7 Å². The average molecular weight is 629 g/mol. The Hall–Kier alpha value is -5.55. The fourth-order valence-electron chi connectivity index (χ4n) is 7.19. The number of ether oxygens (including phenoxy) is 1. The van der Waals surface area contributed by atoms with Crippen LogP contribution in [0.4, 0.5) is 17.1 Å². The molecule has 0 saturated carbocycles. The third-order valence-electron chi connectivity index (χ3n) is 9.65. The molecule has 0 radical (unpaired) electrons. The summed E-state index contributed by atoms with van der Waals surface area (Å²) in [5.41, 5.74) is 12.0. The van der Waals surface area contributed by atoms with Crippen molar-refractivity contribution in [1.29, 1.82) is 0 Å². The first kappa shape index (κ1) is 29.8. The normalized spacial score (nSPS) is 13.0. The van der Waals surface area contributed by atoms with Crippen LogP contribution >= 0.6 is 0 Å². The molecule has 3 heterocycles. The van der Waals surface area contributed by atoms with Gasteiger partial charge >= 0.3 is 0 Å². The largest absolute Gasteiger partial charge is 0.457 e. The Morgan fingerprint density at radius 1 is 0.667 bits per heavy atom. The summed E-state index contributed by atoms with van der Waals surface area (Å²) in [6, 6.07) is 41.0. The molecule has 1 aliphatic heterocycles. The van der Waals surface area contributed by atoms with Gasteiger partial charge in [-0.25, -0.2) is 4.98 Å². The zero-order valence-electron chi connectivity index (χ0n) is 28.5. The molecule has 0 amide bonds. The number of aromatic nitrogens is 2. The molecule has 5 aromatic carbocycles. The third kappa shape index (κ3) is 5.07. The summed E-state index contributed by atoms with van der Waals surface area (Å²) < 4.78 is 8.90. The van der Waals surface area contributed by atoms with Crippen LogP contribution in [-0.2, 0) is 5.41 Å². The molecule has 0 unspecified atom stereocenters. The maximum absolute atomic E-state index is 6.62. The summed E-state index contributed by atoms with van der Waals surface area (Å²) >= 11 is 0. The lowest BCUT2D eigenvalue weighted by molar-refractivity contribution is 0.483. The second-order valence-electron chi connectivity index (χ2n) is 14.0. The van der Waals surface area contributed by atoms with Gasteiger partial charge in [0.25, 0.3) is 0 Å². The van der Waals surface area contributed by atoms with Gasteiger partial charge in [0.2, 0.25) is 0 Å². The van der Waals surface area contributed by atoms with Gasteiger partial charge in [-0.15, -0.1) is 0 Å². The Kier molecular flexibility index (Phi) is 7.03. The average Bonchev–Trinajstić information content (AvgIpc) is 3.58. The smallest absolute Gasteiger partial charge is 0.137 e. The summed E-state index contributed by atoms with van der Waals surface area (Å²) in [6.45, 7) is 11.9. The first-order valence-corrected chi connectivity index (χ1v) is 16.6. The van der Waals surface area contributed by atoms with E-state index in [1.54, 1.807) is 0 Å². The van der Waals surface area contributed by atoms with E-state index in [1.165, 1.54) is 50.0 Å². The van der Waals surface area contributed by atoms with Crippen LogP contribution in [0.5, 0.6) is 11.5 Å². The van der Waals surface area contributed by atoms with Crippen LogP contribution in [0.25, 0.3) is 38.8 Å². The summed E-state index contributed by atoms with van der Waals surface area (Å²) in [6.07, 6.45) is 1.93. The fraction of sp³-hybridized carbons (Fsp3) is 0.186. The topological polar surface area (TPSA) is 33.5 Å². The second-order valence-corrected chi connectivity index (χ2v) is 14.0. The van der Waals surface area contributed by atoms with Gasteiger partial charge in [-0.1, -0.05) is 63.2 Å². The van der Waals surface area contributed by atoms with Crippen LogP contribution in [0.15, 0.2) is 121 Å². The highest BCUT2D eigenvalue weighted by Gasteiger charge is 2.24.